The fourth-order valence-electron chi connectivity index (χ4n) is 1.69. The Kier molecular flexibility index (Phi) is 3.43. The van der Waals surface area contributed by atoms with Crippen molar-refractivity contribution in [3.8, 4) is 0 Å². The van der Waals surface area contributed by atoms with E-state index < -0.39 is 5.95 Å². The van der Waals surface area contributed by atoms with Crippen molar-refractivity contribution >= 4 is 17.7 Å². The smallest absolute Gasteiger partial charge is 0.272 e. The van der Waals surface area contributed by atoms with E-state index in [9.17, 15) is 9.18 Å². The number of rotatable bonds is 1. The van der Waals surface area contributed by atoms with Gasteiger partial charge in [0.05, 0.1) is 0 Å². The van der Waals surface area contributed by atoms with Gasteiger partial charge in [0, 0.05) is 24.1 Å². The quantitative estimate of drug-likeness (QED) is 0.702. The highest BCUT2D eigenvalue weighted by atomic mass is 32.2. The molecule has 3 nitrogen and oxygen atoms in total. The Balaban J connectivity index is 2.12. The molecule has 0 N–H and O–H groups in total. The largest absolute Gasteiger partial charge is 0.335 e. The number of aromatic nitrogens is 1. The molecule has 2 heterocycles. The van der Waals surface area contributed by atoms with Crippen LogP contribution in [0.2, 0.25) is 0 Å². The molecule has 1 saturated heterocycles. The number of carbonyl (C=O) groups excluding carboxylic acids is 1. The maximum absolute atomic E-state index is 12.9. The van der Waals surface area contributed by atoms with Crippen molar-refractivity contribution in [2.24, 2.45) is 0 Å². The molecule has 16 heavy (non-hydrogen) atoms. The highest BCUT2D eigenvalue weighted by Gasteiger charge is 2.23. The number of pyridine rings is 1. The van der Waals surface area contributed by atoms with E-state index in [0.29, 0.717) is 18.3 Å². The zero-order chi connectivity index (χ0) is 11.5. The van der Waals surface area contributed by atoms with Gasteiger partial charge < -0.3 is 4.90 Å². The SMILES string of the molecule is CC1CN(C(=O)c2cccc(F)n2)CCS1. The molecule has 1 atom stereocenters. The van der Waals surface area contributed by atoms with Crippen LogP contribution < -0.4 is 0 Å². The maximum Gasteiger partial charge on any atom is 0.272 e. The van der Waals surface area contributed by atoms with Crippen LogP contribution in [-0.4, -0.2) is 39.9 Å². The van der Waals surface area contributed by atoms with E-state index in [0.717, 1.165) is 5.75 Å². The van der Waals surface area contributed by atoms with Gasteiger partial charge in [-0.1, -0.05) is 13.0 Å². The van der Waals surface area contributed by atoms with Gasteiger partial charge in [-0.25, -0.2) is 4.98 Å². The standard InChI is InChI=1S/C11H13FN2OS/c1-8-7-14(5-6-16-8)11(15)9-3-2-4-10(12)13-9/h2-4,8H,5-7H2,1H3. The highest BCUT2D eigenvalue weighted by molar-refractivity contribution is 7.99. The first-order valence-corrected chi connectivity index (χ1v) is 6.25. The van der Waals surface area contributed by atoms with Gasteiger partial charge in [0.1, 0.15) is 5.69 Å². The lowest BCUT2D eigenvalue weighted by molar-refractivity contribution is 0.0756. The van der Waals surface area contributed by atoms with Crippen LogP contribution in [-0.2, 0) is 0 Å². The van der Waals surface area contributed by atoms with Gasteiger partial charge in [-0.2, -0.15) is 16.2 Å². The first kappa shape index (κ1) is 11.4. The van der Waals surface area contributed by atoms with Crippen molar-refractivity contribution < 1.29 is 9.18 Å². The van der Waals surface area contributed by atoms with Crippen LogP contribution in [0.15, 0.2) is 18.2 Å². The predicted octanol–water partition coefficient (Wildman–Crippen LogP) is 1.80. The van der Waals surface area contributed by atoms with Crippen LogP contribution in [0.4, 0.5) is 4.39 Å². The summed E-state index contributed by atoms with van der Waals surface area (Å²) in [4.78, 5) is 17.3. The number of carbonyl (C=O) groups is 1. The number of hydrogen-bond donors (Lipinski definition) is 0. The molecule has 1 aromatic rings. The van der Waals surface area contributed by atoms with E-state index in [2.05, 4.69) is 11.9 Å². The molecule has 86 valence electrons. The third kappa shape index (κ3) is 2.52. The van der Waals surface area contributed by atoms with E-state index >= 15 is 0 Å². The second kappa shape index (κ2) is 4.82. The van der Waals surface area contributed by atoms with E-state index in [4.69, 9.17) is 0 Å². The zero-order valence-electron chi connectivity index (χ0n) is 9.02. The van der Waals surface area contributed by atoms with Crippen LogP contribution in [0, 0.1) is 5.95 Å². The van der Waals surface area contributed by atoms with Crippen LogP contribution >= 0.6 is 11.8 Å². The fraction of sp³-hybridized carbons (Fsp3) is 0.455. The van der Waals surface area contributed by atoms with E-state index in [1.165, 1.54) is 12.1 Å². The Morgan fingerprint density at radius 3 is 3.12 bits per heavy atom. The molecule has 1 unspecified atom stereocenters. The highest BCUT2D eigenvalue weighted by Crippen LogP contribution is 2.19. The normalized spacial score (nSPS) is 20.9. The van der Waals surface area contributed by atoms with Gasteiger partial charge in [0.25, 0.3) is 5.91 Å². The Morgan fingerprint density at radius 1 is 1.62 bits per heavy atom. The number of thioether (sulfide) groups is 1. The number of amides is 1. The average Bonchev–Trinajstić information content (AvgIpc) is 2.28. The van der Waals surface area contributed by atoms with Crippen molar-refractivity contribution in [3.05, 3.63) is 29.8 Å². The number of hydrogen-bond acceptors (Lipinski definition) is 3. The number of halogens is 1. The molecule has 0 aliphatic carbocycles. The molecule has 1 aliphatic rings. The van der Waals surface area contributed by atoms with Crippen molar-refractivity contribution in [2.45, 2.75) is 12.2 Å². The summed E-state index contributed by atoms with van der Waals surface area (Å²) in [5.41, 5.74) is 0.194. The molecule has 1 amide bonds. The summed E-state index contributed by atoms with van der Waals surface area (Å²) in [5, 5.41) is 0.436. The monoisotopic (exact) mass is 240 g/mol. The first-order chi connectivity index (χ1) is 7.66. The summed E-state index contributed by atoms with van der Waals surface area (Å²) in [6, 6.07) is 4.31. The summed E-state index contributed by atoms with van der Waals surface area (Å²) in [5.74, 6) is 0.152. The van der Waals surface area contributed by atoms with Crippen LogP contribution in [0.3, 0.4) is 0 Å². The van der Waals surface area contributed by atoms with Gasteiger partial charge in [-0.15, -0.1) is 0 Å². The minimum Gasteiger partial charge on any atom is -0.335 e. The summed E-state index contributed by atoms with van der Waals surface area (Å²) in [6.45, 7) is 3.51. The van der Waals surface area contributed by atoms with Crippen molar-refractivity contribution in [3.63, 3.8) is 0 Å². The summed E-state index contributed by atoms with van der Waals surface area (Å²) < 4.78 is 12.9. The minimum atomic E-state index is -0.606. The van der Waals surface area contributed by atoms with Gasteiger partial charge in [-0.05, 0) is 12.1 Å². The predicted molar refractivity (Wildman–Crippen MR) is 62.0 cm³/mol. The van der Waals surface area contributed by atoms with Crippen molar-refractivity contribution in [1.82, 2.24) is 9.88 Å². The number of nitrogens with zero attached hydrogens (tertiary/aromatic N) is 2. The third-order valence-corrected chi connectivity index (χ3v) is 3.60. The van der Waals surface area contributed by atoms with E-state index in [-0.39, 0.29) is 11.6 Å². The molecular weight excluding hydrogens is 227 g/mol. The second-order valence-corrected chi connectivity index (χ2v) is 5.32. The lowest BCUT2D eigenvalue weighted by atomic mass is 10.3. The molecule has 0 radical (unpaired) electrons. The molecule has 0 bridgehead atoms. The molecule has 5 heteroatoms. The molecular formula is C11H13FN2OS. The first-order valence-electron chi connectivity index (χ1n) is 5.20. The zero-order valence-corrected chi connectivity index (χ0v) is 9.84. The topological polar surface area (TPSA) is 33.2 Å². The molecule has 0 aromatic carbocycles. The molecule has 1 aromatic heterocycles. The van der Waals surface area contributed by atoms with Gasteiger partial charge in [0.15, 0.2) is 0 Å². The van der Waals surface area contributed by atoms with Crippen molar-refractivity contribution in [2.75, 3.05) is 18.8 Å². The Labute approximate surface area is 98.0 Å². The Morgan fingerprint density at radius 2 is 2.44 bits per heavy atom. The van der Waals surface area contributed by atoms with Crippen LogP contribution in [0.1, 0.15) is 17.4 Å². The lowest BCUT2D eigenvalue weighted by Gasteiger charge is -2.30. The molecule has 2 rings (SSSR count). The summed E-state index contributed by atoms with van der Waals surface area (Å²) in [7, 11) is 0. The Hall–Kier alpha value is -1.10. The lowest BCUT2D eigenvalue weighted by Crippen LogP contribution is -2.41. The van der Waals surface area contributed by atoms with E-state index in [1.54, 1.807) is 11.0 Å². The molecule has 1 aliphatic heterocycles. The van der Waals surface area contributed by atoms with Gasteiger partial charge in [0.2, 0.25) is 5.95 Å². The van der Waals surface area contributed by atoms with E-state index in [1.807, 2.05) is 11.8 Å². The van der Waals surface area contributed by atoms with Crippen molar-refractivity contribution in [1.29, 1.82) is 0 Å². The maximum atomic E-state index is 12.9. The average molecular weight is 240 g/mol. The Bertz CT molecular complexity index is 399. The second-order valence-electron chi connectivity index (χ2n) is 3.78. The van der Waals surface area contributed by atoms with Crippen LogP contribution in [0.5, 0.6) is 0 Å². The van der Waals surface area contributed by atoms with Crippen LogP contribution in [0.25, 0.3) is 0 Å². The summed E-state index contributed by atoms with van der Waals surface area (Å²) in [6.07, 6.45) is 0. The minimum absolute atomic E-state index is 0.174. The molecule has 0 saturated carbocycles. The fourth-order valence-corrected chi connectivity index (χ4v) is 2.71. The van der Waals surface area contributed by atoms with Gasteiger partial charge in [-0.3, -0.25) is 4.79 Å². The molecule has 1 fully saturated rings. The third-order valence-electron chi connectivity index (χ3n) is 2.46. The van der Waals surface area contributed by atoms with Gasteiger partial charge >= 0.3 is 0 Å². The summed E-state index contributed by atoms with van der Waals surface area (Å²) >= 11 is 1.85. The molecule has 0 spiro atoms.